The Morgan fingerprint density at radius 1 is 1.24 bits per heavy atom. The Hall–Kier alpha value is -1.73. The molecule has 136 valence electrons. The van der Waals surface area contributed by atoms with Gasteiger partial charge >= 0.3 is 0 Å². The van der Waals surface area contributed by atoms with E-state index in [1.54, 1.807) is 18.2 Å². The molecule has 0 aliphatic carbocycles. The largest absolute Gasteiger partial charge is 0.396 e. The summed E-state index contributed by atoms with van der Waals surface area (Å²) in [5.41, 5.74) is 1.50. The summed E-state index contributed by atoms with van der Waals surface area (Å²) in [7, 11) is -3.27. The van der Waals surface area contributed by atoms with Gasteiger partial charge in [-0.3, -0.25) is 0 Å². The first-order valence-corrected chi connectivity index (χ1v) is 10.5. The number of nitrogens with zero attached hydrogens (tertiary/aromatic N) is 3. The Labute approximate surface area is 148 Å². The third-order valence-corrected chi connectivity index (χ3v) is 6.58. The predicted octanol–water partition coefficient (Wildman–Crippen LogP) is 2.33. The van der Waals surface area contributed by atoms with Crippen LogP contribution in [0, 0.1) is 12.3 Å². The molecule has 2 aromatic rings. The molecule has 25 heavy (non-hydrogen) atoms. The number of aryl methyl sites for hydroxylation is 1. The van der Waals surface area contributed by atoms with E-state index >= 15 is 0 Å². The number of aliphatic hydroxyl groups excluding tert-OH is 1. The van der Waals surface area contributed by atoms with Crippen molar-refractivity contribution in [2.75, 3.05) is 30.9 Å². The fourth-order valence-corrected chi connectivity index (χ4v) is 4.07. The summed E-state index contributed by atoms with van der Waals surface area (Å²) in [6.07, 6.45) is 3.98. The number of sulfone groups is 1. The summed E-state index contributed by atoms with van der Waals surface area (Å²) in [5, 5.41) is 10.6. The highest BCUT2D eigenvalue weighted by molar-refractivity contribution is 7.90. The molecule has 0 atom stereocenters. The molecule has 0 unspecified atom stereocenters. The molecule has 7 heteroatoms. The lowest BCUT2D eigenvalue weighted by molar-refractivity contribution is 0.0919. The van der Waals surface area contributed by atoms with Crippen LogP contribution in [-0.4, -0.2) is 49.4 Å². The van der Waals surface area contributed by atoms with Gasteiger partial charge in [0.1, 0.15) is 0 Å². The van der Waals surface area contributed by atoms with Gasteiger partial charge in [-0.15, -0.1) is 0 Å². The summed E-state index contributed by atoms with van der Waals surface area (Å²) in [5.74, 6) is 0.637. The Morgan fingerprint density at radius 2 is 1.92 bits per heavy atom. The smallest absolute Gasteiger partial charge is 0.226 e. The van der Waals surface area contributed by atoms with Crippen LogP contribution in [0.1, 0.15) is 31.9 Å². The quantitative estimate of drug-likeness (QED) is 0.898. The highest BCUT2D eigenvalue weighted by Gasteiger charge is 2.33. The molecule has 1 saturated heterocycles. The molecule has 1 aromatic heterocycles. The molecule has 1 aromatic carbocycles. The molecule has 1 aliphatic heterocycles. The van der Waals surface area contributed by atoms with Crippen LogP contribution >= 0.6 is 0 Å². The molecule has 3 rings (SSSR count). The van der Waals surface area contributed by atoms with E-state index in [9.17, 15) is 13.5 Å². The van der Waals surface area contributed by atoms with Crippen molar-refractivity contribution in [2.45, 2.75) is 38.0 Å². The van der Waals surface area contributed by atoms with Gasteiger partial charge in [-0.05, 0) is 49.8 Å². The number of anilines is 1. The maximum absolute atomic E-state index is 11.8. The maximum Gasteiger partial charge on any atom is 0.226 e. The van der Waals surface area contributed by atoms with Crippen LogP contribution in [-0.2, 0) is 9.84 Å². The normalized spacial score (nSPS) is 17.8. The van der Waals surface area contributed by atoms with E-state index in [-0.39, 0.29) is 16.9 Å². The van der Waals surface area contributed by atoms with Crippen LogP contribution in [0.5, 0.6) is 0 Å². The van der Waals surface area contributed by atoms with Crippen molar-refractivity contribution in [1.29, 1.82) is 0 Å². The summed E-state index contributed by atoms with van der Waals surface area (Å²) in [4.78, 5) is 11.6. The van der Waals surface area contributed by atoms with Crippen molar-refractivity contribution >= 4 is 26.7 Å². The fourth-order valence-electron chi connectivity index (χ4n) is 3.43. The minimum atomic E-state index is -3.27. The second-order valence-electron chi connectivity index (χ2n) is 7.06. The monoisotopic (exact) mass is 363 g/mol. The molecule has 0 bridgehead atoms. The zero-order valence-corrected chi connectivity index (χ0v) is 15.8. The molecule has 6 nitrogen and oxygen atoms in total. The molecule has 1 aliphatic rings. The van der Waals surface area contributed by atoms with Gasteiger partial charge in [0.25, 0.3) is 0 Å². The summed E-state index contributed by atoms with van der Waals surface area (Å²) in [6.45, 7) is 5.85. The summed E-state index contributed by atoms with van der Waals surface area (Å²) >= 11 is 0. The Morgan fingerprint density at radius 3 is 2.48 bits per heavy atom. The highest BCUT2D eigenvalue weighted by Crippen LogP contribution is 2.35. The van der Waals surface area contributed by atoms with Crippen LogP contribution in [0.25, 0.3) is 10.9 Å². The second-order valence-corrected chi connectivity index (χ2v) is 9.07. The van der Waals surface area contributed by atoms with Gasteiger partial charge in [0.05, 0.1) is 16.1 Å². The lowest BCUT2D eigenvalue weighted by Gasteiger charge is -2.40. The third kappa shape index (κ3) is 3.48. The Kier molecular flexibility index (Phi) is 4.72. The van der Waals surface area contributed by atoms with E-state index in [4.69, 9.17) is 0 Å². The molecular weight excluding hydrogens is 338 g/mol. The average molecular weight is 363 g/mol. The highest BCUT2D eigenvalue weighted by atomic mass is 32.2. The first-order chi connectivity index (χ1) is 11.8. The fraction of sp³-hybridized carbons (Fsp3) is 0.556. The zero-order chi connectivity index (χ0) is 18.2. The van der Waals surface area contributed by atoms with E-state index in [0.29, 0.717) is 11.5 Å². The van der Waals surface area contributed by atoms with E-state index in [2.05, 4.69) is 21.8 Å². The van der Waals surface area contributed by atoms with Crippen molar-refractivity contribution in [3.8, 4) is 0 Å². The van der Waals surface area contributed by atoms with Gasteiger partial charge in [0, 0.05) is 31.3 Å². The van der Waals surface area contributed by atoms with Crippen LogP contribution in [0.15, 0.2) is 23.1 Å². The molecule has 0 radical (unpaired) electrons. The minimum absolute atomic E-state index is 0.00581. The van der Waals surface area contributed by atoms with Crippen molar-refractivity contribution in [3.63, 3.8) is 0 Å². The van der Waals surface area contributed by atoms with Gasteiger partial charge in [0.15, 0.2) is 9.84 Å². The average Bonchev–Trinajstić information content (AvgIpc) is 2.60. The summed E-state index contributed by atoms with van der Waals surface area (Å²) in [6, 6.07) is 5.00. The van der Waals surface area contributed by atoms with Gasteiger partial charge < -0.3 is 10.0 Å². The lowest BCUT2D eigenvalue weighted by Crippen LogP contribution is -2.42. The van der Waals surface area contributed by atoms with Crippen molar-refractivity contribution in [2.24, 2.45) is 5.41 Å². The molecule has 1 N–H and O–H groups in total. The SMILES string of the molecule is CCC1(CO)CCN(c2nc(C)c3ccc(S(C)(=O)=O)cc3n2)CC1. The van der Waals surface area contributed by atoms with Gasteiger partial charge in [-0.2, -0.15) is 0 Å². The number of aromatic nitrogens is 2. The molecule has 2 heterocycles. The van der Waals surface area contributed by atoms with Crippen LogP contribution < -0.4 is 4.90 Å². The number of aliphatic hydroxyl groups is 1. The zero-order valence-electron chi connectivity index (χ0n) is 15.0. The number of hydrogen-bond acceptors (Lipinski definition) is 6. The lowest BCUT2D eigenvalue weighted by atomic mass is 9.77. The van der Waals surface area contributed by atoms with Gasteiger partial charge in [-0.1, -0.05) is 6.92 Å². The number of rotatable bonds is 4. The first-order valence-electron chi connectivity index (χ1n) is 8.62. The molecule has 1 fully saturated rings. The van der Waals surface area contributed by atoms with Crippen LogP contribution in [0.4, 0.5) is 5.95 Å². The second kappa shape index (κ2) is 6.53. The van der Waals surface area contributed by atoms with E-state index < -0.39 is 9.84 Å². The van der Waals surface area contributed by atoms with E-state index in [0.717, 1.165) is 43.4 Å². The number of piperidine rings is 1. The van der Waals surface area contributed by atoms with Crippen LogP contribution in [0.3, 0.4) is 0 Å². The molecule has 0 amide bonds. The Balaban J connectivity index is 1.95. The standard InChI is InChI=1S/C18H25N3O3S/c1-4-18(12-22)7-9-21(10-8-18)17-19-13(2)15-6-5-14(25(3,23)24)11-16(15)20-17/h5-6,11,22H,4,7-10,12H2,1-3H3. The predicted molar refractivity (Wildman–Crippen MR) is 98.6 cm³/mol. The maximum atomic E-state index is 11.8. The molecule has 0 spiro atoms. The van der Waals surface area contributed by atoms with Crippen molar-refractivity contribution < 1.29 is 13.5 Å². The number of benzene rings is 1. The molecular formula is C18H25N3O3S. The van der Waals surface area contributed by atoms with E-state index in [1.165, 1.54) is 6.26 Å². The topological polar surface area (TPSA) is 83.4 Å². The van der Waals surface area contributed by atoms with Gasteiger partial charge in [0.2, 0.25) is 5.95 Å². The minimum Gasteiger partial charge on any atom is -0.396 e. The van der Waals surface area contributed by atoms with E-state index in [1.807, 2.05) is 6.92 Å². The summed E-state index contributed by atoms with van der Waals surface area (Å²) < 4.78 is 23.6. The first kappa shape index (κ1) is 18.1. The Bertz CT molecular complexity index is 882. The third-order valence-electron chi connectivity index (χ3n) is 5.47. The van der Waals surface area contributed by atoms with Crippen molar-refractivity contribution in [3.05, 3.63) is 23.9 Å². The van der Waals surface area contributed by atoms with Gasteiger partial charge in [-0.25, -0.2) is 18.4 Å². The molecule has 0 saturated carbocycles. The number of hydrogen-bond donors (Lipinski definition) is 1. The van der Waals surface area contributed by atoms with Crippen molar-refractivity contribution in [1.82, 2.24) is 9.97 Å². The van der Waals surface area contributed by atoms with Crippen LogP contribution in [0.2, 0.25) is 0 Å². The number of fused-ring (bicyclic) bond motifs is 1.